The van der Waals surface area contributed by atoms with Gasteiger partial charge in [-0.25, -0.2) is 0 Å². The van der Waals surface area contributed by atoms with E-state index in [1.807, 2.05) is 19.6 Å². The quantitative estimate of drug-likeness (QED) is 0.358. The summed E-state index contributed by atoms with van der Waals surface area (Å²) in [4.78, 5) is 14.2. The van der Waals surface area contributed by atoms with Gasteiger partial charge < -0.3 is 4.53 Å². The molecule has 0 radical (unpaired) electrons. The summed E-state index contributed by atoms with van der Waals surface area (Å²) in [7, 11) is -1.67. The minimum Gasteiger partial charge on any atom is -0.455 e. The first-order chi connectivity index (χ1) is 8.78. The molecule has 0 amide bonds. The van der Waals surface area contributed by atoms with Crippen LogP contribution in [0, 0.1) is 10.1 Å². The monoisotopic (exact) mass is 279 g/mol. The van der Waals surface area contributed by atoms with Crippen LogP contribution >= 0.6 is 0 Å². The number of benzene rings is 1. The summed E-state index contributed by atoms with van der Waals surface area (Å²) in [6.07, 6.45) is 1.57. The third-order valence-electron chi connectivity index (χ3n) is 1.92. The van der Waals surface area contributed by atoms with Gasteiger partial charge in [0.15, 0.2) is 0 Å². The Kier molecular flexibility index (Phi) is 4.93. The topological polar surface area (TPSA) is 77.1 Å². The van der Waals surface area contributed by atoms with E-state index in [0.717, 1.165) is 0 Å². The fraction of sp³-hybridized carbons (Fsp3) is 0.333. The fourth-order valence-electron chi connectivity index (χ4n) is 1.06. The van der Waals surface area contributed by atoms with E-state index in [9.17, 15) is 10.1 Å². The van der Waals surface area contributed by atoms with E-state index >= 15 is 0 Å². The van der Waals surface area contributed by atoms with Gasteiger partial charge >= 0.3 is 0 Å². The smallest absolute Gasteiger partial charge is 0.278 e. The molecule has 0 bridgehead atoms. The zero-order chi connectivity index (χ0) is 14.5. The Hall–Kier alpha value is -2.02. The predicted molar refractivity (Wildman–Crippen MR) is 78.8 cm³/mol. The lowest BCUT2D eigenvalue weighted by Gasteiger charge is -2.12. The Morgan fingerprint density at radius 1 is 1.32 bits per heavy atom. The van der Waals surface area contributed by atoms with E-state index in [1.165, 1.54) is 12.1 Å². The predicted octanol–water partition coefficient (Wildman–Crippen LogP) is 3.52. The van der Waals surface area contributed by atoms with Gasteiger partial charge in [0.1, 0.15) is 0 Å². The maximum absolute atomic E-state index is 10.5. The van der Waals surface area contributed by atoms with Gasteiger partial charge in [0.2, 0.25) is 0 Å². The second-order valence-electron chi connectivity index (χ2n) is 4.97. The van der Waals surface area contributed by atoms with Crippen LogP contribution in [0.5, 0.6) is 0 Å². The highest BCUT2D eigenvalue weighted by Gasteiger charge is 2.15. The molecular weight excluding hydrogens is 262 g/mol. The summed E-state index contributed by atoms with van der Waals surface area (Å²) < 4.78 is 5.38. The Balaban J connectivity index is 2.68. The number of nitrogens with zero attached hydrogens (tertiary/aromatic N) is 3. The minimum absolute atomic E-state index is 0.0476. The zero-order valence-corrected chi connectivity index (χ0v) is 12.5. The normalized spacial score (nSPS) is 12.7. The van der Waals surface area contributed by atoms with Crippen LogP contribution in [0.25, 0.3) is 0 Å². The van der Waals surface area contributed by atoms with Crippen molar-refractivity contribution in [2.75, 3.05) is 0 Å². The van der Waals surface area contributed by atoms with Crippen LogP contribution in [0.15, 0.2) is 34.4 Å². The van der Waals surface area contributed by atoms with Gasteiger partial charge in [0.25, 0.3) is 14.0 Å². The SMILES string of the molecule is CC(C=Nc1ccc([N+](=O)[O-])cc1)=NO[Si](C)(C)C. The number of nitro benzene ring substituents is 1. The van der Waals surface area contributed by atoms with E-state index in [1.54, 1.807) is 25.3 Å². The van der Waals surface area contributed by atoms with Crippen LogP contribution in [-0.4, -0.2) is 25.2 Å². The third kappa shape index (κ3) is 5.91. The molecule has 1 aromatic carbocycles. The molecule has 0 spiro atoms. The Labute approximate surface area is 113 Å². The third-order valence-corrected chi connectivity index (χ3v) is 2.56. The Bertz CT molecular complexity index is 504. The average Bonchev–Trinajstić information content (AvgIpc) is 2.33. The fourth-order valence-corrected chi connectivity index (χ4v) is 1.48. The van der Waals surface area contributed by atoms with Crippen LogP contribution in [0.2, 0.25) is 19.6 Å². The van der Waals surface area contributed by atoms with Gasteiger partial charge in [-0.1, -0.05) is 0 Å². The second kappa shape index (κ2) is 6.23. The summed E-state index contributed by atoms with van der Waals surface area (Å²) in [5.74, 6) is 0. The first kappa shape index (κ1) is 15.0. The molecule has 1 aromatic rings. The van der Waals surface area contributed by atoms with E-state index < -0.39 is 13.2 Å². The molecule has 0 aliphatic carbocycles. The lowest BCUT2D eigenvalue weighted by molar-refractivity contribution is -0.384. The Morgan fingerprint density at radius 2 is 1.89 bits per heavy atom. The van der Waals surface area contributed by atoms with Crippen LogP contribution in [0.1, 0.15) is 6.92 Å². The lowest BCUT2D eigenvalue weighted by atomic mass is 10.3. The van der Waals surface area contributed by atoms with Gasteiger partial charge in [-0.15, -0.1) is 5.16 Å². The van der Waals surface area contributed by atoms with Crippen molar-refractivity contribution in [2.24, 2.45) is 10.1 Å². The highest BCUT2D eigenvalue weighted by molar-refractivity contribution is 6.69. The van der Waals surface area contributed by atoms with Gasteiger partial charge in [-0.05, 0) is 38.7 Å². The maximum atomic E-state index is 10.5. The molecule has 19 heavy (non-hydrogen) atoms. The minimum atomic E-state index is -1.67. The number of non-ortho nitro benzene ring substituents is 1. The van der Waals surface area contributed by atoms with Crippen LogP contribution < -0.4 is 0 Å². The molecule has 102 valence electrons. The molecule has 7 heteroatoms. The van der Waals surface area contributed by atoms with Crippen molar-refractivity contribution in [1.82, 2.24) is 0 Å². The molecule has 0 unspecified atom stereocenters. The number of hydrogen-bond acceptors (Lipinski definition) is 5. The molecule has 0 fully saturated rings. The first-order valence-electron chi connectivity index (χ1n) is 5.79. The summed E-state index contributed by atoms with van der Waals surface area (Å²) in [5.41, 5.74) is 1.33. The number of oxime groups is 1. The van der Waals surface area contributed by atoms with Crippen LogP contribution in [0.3, 0.4) is 0 Å². The molecule has 1 rings (SSSR count). The van der Waals surface area contributed by atoms with Gasteiger partial charge in [-0.2, -0.15) is 0 Å². The molecule has 0 aliphatic heterocycles. The van der Waals surface area contributed by atoms with E-state index in [-0.39, 0.29) is 5.69 Å². The number of hydrogen-bond donors (Lipinski definition) is 0. The average molecular weight is 279 g/mol. The van der Waals surface area contributed by atoms with Crippen molar-refractivity contribution in [3.8, 4) is 0 Å². The number of aliphatic imine (C=N–C) groups is 1. The van der Waals surface area contributed by atoms with Crippen LogP contribution in [-0.2, 0) is 4.53 Å². The number of rotatable bonds is 5. The Morgan fingerprint density at radius 3 is 2.37 bits per heavy atom. The van der Waals surface area contributed by atoms with Crippen LogP contribution in [0.4, 0.5) is 11.4 Å². The van der Waals surface area contributed by atoms with E-state index in [0.29, 0.717) is 11.4 Å². The van der Waals surface area contributed by atoms with Crippen molar-refractivity contribution < 1.29 is 9.45 Å². The second-order valence-corrected chi connectivity index (χ2v) is 9.38. The van der Waals surface area contributed by atoms with Crippen molar-refractivity contribution >= 4 is 31.6 Å². The molecule has 6 nitrogen and oxygen atoms in total. The van der Waals surface area contributed by atoms with E-state index in [4.69, 9.17) is 4.53 Å². The molecule has 0 aromatic heterocycles. The molecule has 0 heterocycles. The standard InChI is InChI=1S/C12H17N3O3Si/c1-10(14-18-19(2,3)4)9-13-11-5-7-12(8-6-11)15(16)17/h5-9H,1-4H3. The largest absolute Gasteiger partial charge is 0.455 e. The van der Waals surface area contributed by atoms with Gasteiger partial charge in [-0.3, -0.25) is 15.1 Å². The molecule has 0 saturated carbocycles. The summed E-state index contributed by atoms with van der Waals surface area (Å²) >= 11 is 0. The van der Waals surface area contributed by atoms with E-state index in [2.05, 4.69) is 10.1 Å². The lowest BCUT2D eigenvalue weighted by Crippen LogP contribution is -2.22. The van der Waals surface area contributed by atoms with Gasteiger partial charge in [0.05, 0.1) is 22.5 Å². The van der Waals surface area contributed by atoms with Crippen molar-refractivity contribution in [1.29, 1.82) is 0 Å². The highest BCUT2D eigenvalue weighted by Crippen LogP contribution is 2.17. The maximum Gasteiger partial charge on any atom is 0.278 e. The summed E-state index contributed by atoms with van der Waals surface area (Å²) in [6.45, 7) is 7.90. The summed E-state index contributed by atoms with van der Waals surface area (Å²) in [6, 6.07) is 6.00. The van der Waals surface area contributed by atoms with Crippen molar-refractivity contribution in [2.45, 2.75) is 26.6 Å². The molecule has 0 aliphatic rings. The zero-order valence-electron chi connectivity index (χ0n) is 11.5. The van der Waals surface area contributed by atoms with Crippen molar-refractivity contribution in [3.63, 3.8) is 0 Å². The first-order valence-corrected chi connectivity index (χ1v) is 9.20. The summed E-state index contributed by atoms with van der Waals surface area (Å²) in [5, 5.41) is 14.5. The molecule has 0 N–H and O–H groups in total. The molecular formula is C12H17N3O3Si. The number of nitro groups is 1. The van der Waals surface area contributed by atoms with Gasteiger partial charge in [0, 0.05) is 12.1 Å². The highest BCUT2D eigenvalue weighted by atomic mass is 28.4. The molecule has 0 saturated heterocycles. The molecule has 0 atom stereocenters. The van der Waals surface area contributed by atoms with Crippen molar-refractivity contribution in [3.05, 3.63) is 34.4 Å².